The number of amides is 1. The molecule has 0 saturated carbocycles. The van der Waals surface area contributed by atoms with Crippen molar-refractivity contribution in [3.05, 3.63) is 52.9 Å². The maximum atomic E-state index is 12.8. The van der Waals surface area contributed by atoms with E-state index in [1.807, 2.05) is 42.0 Å². The second kappa shape index (κ2) is 7.82. The molecule has 1 aliphatic heterocycles. The van der Waals surface area contributed by atoms with Gasteiger partial charge in [0.25, 0.3) is 0 Å². The Balaban J connectivity index is 1.37. The zero-order valence-electron chi connectivity index (χ0n) is 15.9. The number of benzene rings is 1. The van der Waals surface area contributed by atoms with E-state index in [1.165, 1.54) is 4.70 Å². The van der Waals surface area contributed by atoms with E-state index >= 15 is 0 Å². The van der Waals surface area contributed by atoms with Crippen LogP contribution < -0.4 is 0 Å². The lowest BCUT2D eigenvalue weighted by atomic mass is 9.98. The van der Waals surface area contributed by atoms with Crippen LogP contribution in [0.25, 0.3) is 10.2 Å². The van der Waals surface area contributed by atoms with Crippen LogP contribution in [0, 0.1) is 6.92 Å². The summed E-state index contributed by atoms with van der Waals surface area (Å²) < 4.78 is 6.84. The van der Waals surface area contributed by atoms with Gasteiger partial charge in [0.2, 0.25) is 5.91 Å². The molecule has 27 heavy (non-hydrogen) atoms. The van der Waals surface area contributed by atoms with Gasteiger partial charge in [-0.15, -0.1) is 11.3 Å². The van der Waals surface area contributed by atoms with Gasteiger partial charge in [-0.1, -0.05) is 12.1 Å². The molecule has 1 aromatic carbocycles. The standard InChI is InChI=1S/C21H25N3O2S/c1-15-9-10-17(26-15)13-23(2)14-20(25)24-11-5-6-16(12-24)21-22-18-7-3-4-8-19(18)27-21/h3-4,7-10,16H,5-6,11-14H2,1-2H3/t16-/m0/s1. The lowest BCUT2D eigenvalue weighted by Gasteiger charge is -2.33. The zero-order chi connectivity index (χ0) is 18.8. The summed E-state index contributed by atoms with van der Waals surface area (Å²) in [7, 11) is 1.96. The second-order valence-corrected chi connectivity index (χ2v) is 8.45. The highest BCUT2D eigenvalue weighted by Crippen LogP contribution is 2.33. The first kappa shape index (κ1) is 18.2. The summed E-state index contributed by atoms with van der Waals surface area (Å²) in [6.07, 6.45) is 2.14. The van der Waals surface area contributed by atoms with Crippen LogP contribution in [-0.2, 0) is 11.3 Å². The molecule has 1 atom stereocenters. The number of para-hydroxylation sites is 1. The Labute approximate surface area is 163 Å². The normalized spacial score (nSPS) is 17.7. The summed E-state index contributed by atoms with van der Waals surface area (Å²) in [5, 5.41) is 1.16. The van der Waals surface area contributed by atoms with Gasteiger partial charge in [-0.05, 0) is 51.1 Å². The van der Waals surface area contributed by atoms with Gasteiger partial charge in [0.15, 0.2) is 0 Å². The summed E-state index contributed by atoms with van der Waals surface area (Å²) in [5.74, 6) is 2.33. The molecule has 6 heteroatoms. The van der Waals surface area contributed by atoms with E-state index in [0.29, 0.717) is 19.0 Å². The third kappa shape index (κ3) is 4.22. The van der Waals surface area contributed by atoms with Crippen molar-refractivity contribution in [2.24, 2.45) is 0 Å². The monoisotopic (exact) mass is 383 g/mol. The van der Waals surface area contributed by atoms with Crippen LogP contribution in [0.3, 0.4) is 0 Å². The van der Waals surface area contributed by atoms with E-state index in [2.05, 4.69) is 18.2 Å². The molecule has 3 heterocycles. The minimum Gasteiger partial charge on any atom is -0.465 e. The number of carbonyl (C=O) groups excluding carboxylic acids is 1. The van der Waals surface area contributed by atoms with Gasteiger partial charge >= 0.3 is 0 Å². The first-order chi connectivity index (χ1) is 13.1. The predicted molar refractivity (Wildman–Crippen MR) is 108 cm³/mol. The summed E-state index contributed by atoms with van der Waals surface area (Å²) in [5.41, 5.74) is 1.06. The minimum absolute atomic E-state index is 0.187. The number of aromatic nitrogens is 1. The maximum Gasteiger partial charge on any atom is 0.236 e. The highest BCUT2D eigenvalue weighted by Gasteiger charge is 2.27. The fourth-order valence-electron chi connectivity index (χ4n) is 3.69. The highest BCUT2D eigenvalue weighted by atomic mass is 32.1. The Bertz CT molecular complexity index is 899. The smallest absolute Gasteiger partial charge is 0.236 e. The molecule has 0 bridgehead atoms. The molecule has 0 N–H and O–H groups in total. The Kier molecular flexibility index (Phi) is 5.27. The molecule has 1 fully saturated rings. The predicted octanol–water partition coefficient (Wildman–Crippen LogP) is 4.04. The number of nitrogens with zero attached hydrogens (tertiary/aromatic N) is 3. The Morgan fingerprint density at radius 3 is 2.96 bits per heavy atom. The number of aryl methyl sites for hydroxylation is 1. The van der Waals surface area contributed by atoms with Gasteiger partial charge < -0.3 is 9.32 Å². The van der Waals surface area contributed by atoms with Crippen LogP contribution in [-0.4, -0.2) is 47.4 Å². The number of hydrogen-bond donors (Lipinski definition) is 0. The van der Waals surface area contributed by atoms with Crippen LogP contribution >= 0.6 is 11.3 Å². The molecule has 1 saturated heterocycles. The fourth-order valence-corrected chi connectivity index (χ4v) is 4.79. The number of likely N-dealkylation sites (N-methyl/N-ethyl adjacent to an activating group) is 1. The summed E-state index contributed by atoms with van der Waals surface area (Å²) in [6, 6.07) is 12.2. The number of hydrogen-bond acceptors (Lipinski definition) is 5. The average Bonchev–Trinajstić information content (AvgIpc) is 3.27. The van der Waals surface area contributed by atoms with Crippen molar-refractivity contribution < 1.29 is 9.21 Å². The van der Waals surface area contributed by atoms with Gasteiger partial charge in [-0.2, -0.15) is 0 Å². The Hall–Kier alpha value is -2.18. The lowest BCUT2D eigenvalue weighted by molar-refractivity contribution is -0.133. The molecule has 0 unspecified atom stereocenters. The van der Waals surface area contributed by atoms with Gasteiger partial charge in [-0.25, -0.2) is 4.98 Å². The van der Waals surface area contributed by atoms with Gasteiger partial charge in [0.05, 0.1) is 28.3 Å². The molecule has 0 aliphatic carbocycles. The molecule has 1 amide bonds. The highest BCUT2D eigenvalue weighted by molar-refractivity contribution is 7.18. The van der Waals surface area contributed by atoms with E-state index in [4.69, 9.17) is 9.40 Å². The average molecular weight is 384 g/mol. The van der Waals surface area contributed by atoms with E-state index in [-0.39, 0.29) is 5.91 Å². The molecular formula is C21H25N3O2S. The van der Waals surface area contributed by atoms with Crippen LogP contribution in [0.2, 0.25) is 0 Å². The van der Waals surface area contributed by atoms with E-state index in [9.17, 15) is 4.79 Å². The largest absolute Gasteiger partial charge is 0.465 e. The van der Waals surface area contributed by atoms with Gasteiger partial charge in [0.1, 0.15) is 11.5 Å². The molecule has 3 aromatic rings. The van der Waals surface area contributed by atoms with Crippen molar-refractivity contribution in [3.8, 4) is 0 Å². The quantitative estimate of drug-likeness (QED) is 0.667. The molecule has 2 aromatic heterocycles. The van der Waals surface area contributed by atoms with Crippen molar-refractivity contribution in [1.29, 1.82) is 0 Å². The van der Waals surface area contributed by atoms with Crippen LogP contribution in [0.15, 0.2) is 40.8 Å². The SMILES string of the molecule is Cc1ccc(CN(C)CC(=O)N2CCC[C@H](c3nc4ccccc4s3)C2)o1. The summed E-state index contributed by atoms with van der Waals surface area (Å²) in [6.45, 7) is 4.60. The van der Waals surface area contributed by atoms with Gasteiger partial charge in [-0.3, -0.25) is 9.69 Å². The van der Waals surface area contributed by atoms with Crippen molar-refractivity contribution in [2.45, 2.75) is 32.2 Å². The van der Waals surface area contributed by atoms with Crippen LogP contribution in [0.1, 0.15) is 35.3 Å². The van der Waals surface area contributed by atoms with Gasteiger partial charge in [0, 0.05) is 19.0 Å². The molecule has 5 nitrogen and oxygen atoms in total. The van der Waals surface area contributed by atoms with E-state index in [1.54, 1.807) is 11.3 Å². The van der Waals surface area contributed by atoms with Crippen molar-refractivity contribution in [2.75, 3.05) is 26.7 Å². The first-order valence-electron chi connectivity index (χ1n) is 9.45. The molecule has 0 spiro atoms. The number of likely N-dealkylation sites (tertiary alicyclic amines) is 1. The minimum atomic E-state index is 0.187. The van der Waals surface area contributed by atoms with E-state index < -0.39 is 0 Å². The number of carbonyl (C=O) groups is 1. The second-order valence-electron chi connectivity index (χ2n) is 7.38. The maximum absolute atomic E-state index is 12.8. The zero-order valence-corrected chi connectivity index (χ0v) is 16.7. The number of fused-ring (bicyclic) bond motifs is 1. The third-order valence-corrected chi connectivity index (χ3v) is 6.26. The molecule has 4 rings (SSSR count). The fraction of sp³-hybridized carbons (Fsp3) is 0.429. The third-order valence-electron chi connectivity index (χ3n) is 5.06. The first-order valence-corrected chi connectivity index (χ1v) is 10.3. The number of piperidine rings is 1. The molecule has 142 valence electrons. The number of rotatable bonds is 5. The van der Waals surface area contributed by atoms with Crippen LogP contribution in [0.5, 0.6) is 0 Å². The van der Waals surface area contributed by atoms with E-state index in [0.717, 1.165) is 48.0 Å². The number of thiazole rings is 1. The van der Waals surface area contributed by atoms with Crippen LogP contribution in [0.4, 0.5) is 0 Å². The van der Waals surface area contributed by atoms with Crippen molar-refractivity contribution >= 4 is 27.5 Å². The Morgan fingerprint density at radius 2 is 2.19 bits per heavy atom. The van der Waals surface area contributed by atoms with Crippen molar-refractivity contribution in [3.63, 3.8) is 0 Å². The summed E-state index contributed by atoms with van der Waals surface area (Å²) in [4.78, 5) is 21.6. The molecular weight excluding hydrogens is 358 g/mol. The Morgan fingerprint density at radius 1 is 1.33 bits per heavy atom. The molecule has 0 radical (unpaired) electrons. The number of furan rings is 1. The lowest BCUT2D eigenvalue weighted by Crippen LogP contribution is -2.43. The molecule has 1 aliphatic rings. The topological polar surface area (TPSA) is 49.6 Å². The summed E-state index contributed by atoms with van der Waals surface area (Å²) >= 11 is 1.76. The van der Waals surface area contributed by atoms with Crippen molar-refractivity contribution in [1.82, 2.24) is 14.8 Å².